The SMILES string of the molecule is NC(=O)C(O)[C@H]1O[C@@H](n2cnc3c(N)nc(N(CCC(=O)O)c4ccccc4)nc32)[C@H](O)[C@@H]1O. The zero-order valence-corrected chi connectivity index (χ0v) is 17.7. The van der Waals surface area contributed by atoms with Gasteiger partial charge in [0.05, 0.1) is 12.7 Å². The number of carbonyl (C=O) groups excluding carboxylic acids is 1. The van der Waals surface area contributed by atoms with Crippen molar-refractivity contribution in [3.05, 3.63) is 36.7 Å². The standard InChI is InChI=1S/C20H23N7O7/c21-16-11-18(25-20(24-16)26(7-6-10(28)29)9-4-2-1-3-5-9)27(8-23-11)19-13(31)12(30)15(34-19)14(32)17(22)33/h1-5,8,12-15,19,30-32H,6-7H2,(H2,22,33)(H,28,29)(H2,21,24,25)/t12-,13+,14?,15-,19+/m0/s1. The first-order valence-corrected chi connectivity index (χ1v) is 10.2. The molecule has 4 rings (SSSR count). The van der Waals surface area contributed by atoms with Gasteiger partial charge in [-0.2, -0.15) is 9.97 Å². The van der Waals surface area contributed by atoms with Crippen LogP contribution in [0, 0.1) is 0 Å². The fourth-order valence-electron chi connectivity index (χ4n) is 3.73. The summed E-state index contributed by atoms with van der Waals surface area (Å²) in [4.78, 5) is 37.0. The number of aliphatic hydroxyl groups is 3. The molecule has 34 heavy (non-hydrogen) atoms. The number of benzene rings is 1. The lowest BCUT2D eigenvalue weighted by Gasteiger charge is -2.23. The average Bonchev–Trinajstić information content (AvgIpc) is 3.35. The number of fused-ring (bicyclic) bond motifs is 1. The van der Waals surface area contributed by atoms with E-state index in [1.807, 2.05) is 0 Å². The van der Waals surface area contributed by atoms with Crippen LogP contribution in [0.15, 0.2) is 36.7 Å². The van der Waals surface area contributed by atoms with Gasteiger partial charge in [-0.1, -0.05) is 18.2 Å². The number of ether oxygens (including phenoxy) is 1. The van der Waals surface area contributed by atoms with Crippen molar-refractivity contribution in [1.29, 1.82) is 0 Å². The fourth-order valence-corrected chi connectivity index (χ4v) is 3.73. The van der Waals surface area contributed by atoms with E-state index in [0.29, 0.717) is 5.69 Å². The van der Waals surface area contributed by atoms with E-state index in [1.165, 1.54) is 10.9 Å². The van der Waals surface area contributed by atoms with Gasteiger partial charge in [0.15, 0.2) is 23.8 Å². The first-order chi connectivity index (χ1) is 16.2. The van der Waals surface area contributed by atoms with E-state index in [1.54, 1.807) is 35.2 Å². The molecule has 14 heteroatoms. The lowest BCUT2D eigenvalue weighted by atomic mass is 10.1. The highest BCUT2D eigenvalue weighted by atomic mass is 16.6. The van der Waals surface area contributed by atoms with Crippen molar-refractivity contribution in [3.8, 4) is 0 Å². The van der Waals surface area contributed by atoms with Crippen LogP contribution in [0.1, 0.15) is 12.6 Å². The minimum absolute atomic E-state index is 0.0169. The second-order valence-corrected chi connectivity index (χ2v) is 7.68. The van der Waals surface area contributed by atoms with Crippen LogP contribution in [0.5, 0.6) is 0 Å². The van der Waals surface area contributed by atoms with Crippen LogP contribution in [-0.2, 0) is 14.3 Å². The Morgan fingerprint density at radius 1 is 1.18 bits per heavy atom. The molecule has 1 aliphatic rings. The predicted molar refractivity (Wildman–Crippen MR) is 117 cm³/mol. The molecule has 14 nitrogen and oxygen atoms in total. The third kappa shape index (κ3) is 4.22. The number of carbonyl (C=O) groups is 2. The number of anilines is 3. The number of primary amides is 1. The summed E-state index contributed by atoms with van der Waals surface area (Å²) in [5.41, 5.74) is 12.1. The molecule has 8 N–H and O–H groups in total. The minimum atomic E-state index is -1.86. The number of nitrogens with zero attached hydrogens (tertiary/aromatic N) is 5. The Morgan fingerprint density at radius 3 is 2.53 bits per heavy atom. The van der Waals surface area contributed by atoms with Gasteiger partial charge in [-0.15, -0.1) is 0 Å². The number of hydrogen-bond donors (Lipinski definition) is 6. The maximum atomic E-state index is 11.3. The summed E-state index contributed by atoms with van der Waals surface area (Å²) in [5.74, 6) is -2.09. The first-order valence-electron chi connectivity index (χ1n) is 10.2. The number of nitrogen functional groups attached to an aromatic ring is 1. The van der Waals surface area contributed by atoms with Gasteiger partial charge in [0, 0.05) is 12.2 Å². The molecular weight excluding hydrogens is 450 g/mol. The van der Waals surface area contributed by atoms with Crippen LogP contribution < -0.4 is 16.4 Å². The molecule has 1 amide bonds. The molecule has 3 aromatic rings. The molecule has 0 bridgehead atoms. The number of para-hydroxylation sites is 1. The van der Waals surface area contributed by atoms with Gasteiger partial charge in [-0.3, -0.25) is 14.2 Å². The number of nitrogens with two attached hydrogens (primary N) is 2. The van der Waals surface area contributed by atoms with Crippen LogP contribution in [0.2, 0.25) is 0 Å². The molecule has 1 aliphatic heterocycles. The number of aliphatic hydroxyl groups excluding tert-OH is 3. The van der Waals surface area contributed by atoms with Gasteiger partial charge in [-0.05, 0) is 12.1 Å². The Hall–Kier alpha value is -3.85. The molecule has 2 aromatic heterocycles. The number of imidazole rings is 1. The van der Waals surface area contributed by atoms with Gasteiger partial charge in [0.25, 0.3) is 0 Å². The van der Waals surface area contributed by atoms with Crippen LogP contribution in [-0.4, -0.2) is 82.8 Å². The zero-order valence-electron chi connectivity index (χ0n) is 17.7. The summed E-state index contributed by atoms with van der Waals surface area (Å²) in [7, 11) is 0. The van der Waals surface area contributed by atoms with Crippen molar-refractivity contribution in [2.24, 2.45) is 5.73 Å². The normalized spacial score (nSPS) is 23.1. The van der Waals surface area contributed by atoms with Gasteiger partial charge in [0.2, 0.25) is 11.9 Å². The monoisotopic (exact) mass is 473 g/mol. The molecule has 1 aromatic carbocycles. The van der Waals surface area contributed by atoms with E-state index >= 15 is 0 Å². The number of rotatable bonds is 8. The van der Waals surface area contributed by atoms with Crippen LogP contribution in [0.3, 0.4) is 0 Å². The maximum absolute atomic E-state index is 11.3. The number of carboxylic acid groups (broad SMARTS) is 1. The third-order valence-corrected chi connectivity index (χ3v) is 5.45. The summed E-state index contributed by atoms with van der Waals surface area (Å²) >= 11 is 0. The fraction of sp³-hybridized carbons (Fsp3) is 0.350. The summed E-state index contributed by atoms with van der Waals surface area (Å²) in [6.45, 7) is 0.0343. The second-order valence-electron chi connectivity index (χ2n) is 7.68. The Kier molecular flexibility index (Phi) is 6.30. The second kappa shape index (κ2) is 9.18. The molecule has 0 radical (unpaired) electrons. The number of hydrogen-bond acceptors (Lipinski definition) is 11. The predicted octanol–water partition coefficient (Wildman–Crippen LogP) is -1.51. The number of aliphatic carboxylic acids is 1. The third-order valence-electron chi connectivity index (χ3n) is 5.45. The molecular formula is C20H23N7O7. The summed E-state index contributed by atoms with van der Waals surface area (Å²) in [6, 6.07) is 8.83. The smallest absolute Gasteiger partial charge is 0.305 e. The topological polar surface area (TPSA) is 223 Å². The molecule has 0 saturated carbocycles. The molecule has 5 atom stereocenters. The van der Waals surface area contributed by atoms with Crippen molar-refractivity contribution in [2.45, 2.75) is 37.1 Å². The van der Waals surface area contributed by atoms with Gasteiger partial charge in [0.1, 0.15) is 23.8 Å². The Labute approximate surface area is 192 Å². The van der Waals surface area contributed by atoms with E-state index in [2.05, 4.69) is 15.0 Å². The van der Waals surface area contributed by atoms with Crippen LogP contribution in [0.4, 0.5) is 17.5 Å². The summed E-state index contributed by atoms with van der Waals surface area (Å²) in [5, 5.41) is 39.9. The maximum Gasteiger partial charge on any atom is 0.305 e. The lowest BCUT2D eigenvalue weighted by Crippen LogP contribution is -2.45. The van der Waals surface area contributed by atoms with E-state index in [4.69, 9.17) is 16.2 Å². The summed E-state index contributed by atoms with van der Waals surface area (Å²) < 4.78 is 6.82. The van der Waals surface area contributed by atoms with Gasteiger partial charge < -0.3 is 41.5 Å². The Morgan fingerprint density at radius 2 is 1.88 bits per heavy atom. The van der Waals surface area contributed by atoms with Crippen molar-refractivity contribution >= 4 is 40.5 Å². The largest absolute Gasteiger partial charge is 0.481 e. The van der Waals surface area contributed by atoms with Crippen molar-refractivity contribution in [1.82, 2.24) is 19.5 Å². The van der Waals surface area contributed by atoms with E-state index in [0.717, 1.165) is 0 Å². The quantitative estimate of drug-likeness (QED) is 0.220. The van der Waals surface area contributed by atoms with Crippen LogP contribution >= 0.6 is 0 Å². The van der Waals surface area contributed by atoms with Crippen molar-refractivity contribution in [2.75, 3.05) is 17.2 Å². The molecule has 1 fully saturated rings. The van der Waals surface area contributed by atoms with Crippen LogP contribution in [0.25, 0.3) is 11.2 Å². The molecule has 3 heterocycles. The molecule has 1 unspecified atom stereocenters. The zero-order chi connectivity index (χ0) is 24.6. The minimum Gasteiger partial charge on any atom is -0.481 e. The molecule has 0 aliphatic carbocycles. The highest BCUT2D eigenvalue weighted by Crippen LogP contribution is 2.34. The van der Waals surface area contributed by atoms with Crippen molar-refractivity contribution < 1.29 is 34.8 Å². The number of aromatic nitrogens is 4. The van der Waals surface area contributed by atoms with E-state index in [-0.39, 0.29) is 35.9 Å². The highest BCUT2D eigenvalue weighted by molar-refractivity contribution is 5.84. The average molecular weight is 473 g/mol. The number of amides is 1. The van der Waals surface area contributed by atoms with Crippen molar-refractivity contribution in [3.63, 3.8) is 0 Å². The first kappa shape index (κ1) is 23.3. The molecule has 180 valence electrons. The lowest BCUT2D eigenvalue weighted by molar-refractivity contribution is -0.140. The van der Waals surface area contributed by atoms with Gasteiger partial charge >= 0.3 is 5.97 Å². The highest BCUT2D eigenvalue weighted by Gasteiger charge is 2.48. The number of carboxylic acids is 1. The molecule has 0 spiro atoms. The van der Waals surface area contributed by atoms with E-state index in [9.17, 15) is 30.0 Å². The Balaban J connectivity index is 1.76. The van der Waals surface area contributed by atoms with Gasteiger partial charge in [-0.25, -0.2) is 4.98 Å². The Bertz CT molecular complexity index is 1200. The molecule has 1 saturated heterocycles. The summed E-state index contributed by atoms with van der Waals surface area (Å²) in [6.07, 6.45) is -6.77. The van der Waals surface area contributed by atoms with E-state index < -0.39 is 42.5 Å².